The minimum absolute atomic E-state index is 0.0238. The molecule has 4 nitrogen and oxygen atoms in total. The molecule has 0 spiro atoms. The van der Waals surface area contributed by atoms with Gasteiger partial charge in [-0.3, -0.25) is 9.59 Å². The first-order valence-corrected chi connectivity index (χ1v) is 8.13. The monoisotopic (exact) mass is 312 g/mol. The second kappa shape index (κ2) is 9.90. The van der Waals surface area contributed by atoms with Crippen molar-refractivity contribution in [2.24, 2.45) is 29.6 Å². The number of Topliss-reactive ketones (excluding diaryl/α,β-unsaturated/α-hetero) is 2. The van der Waals surface area contributed by atoms with Crippen LogP contribution in [0.2, 0.25) is 0 Å². The standard InChI is InChI=1S/C18H32O4/c1-7-8-9-12(4)17(21)16(11(2)3)18(22)13(5)15(10-19)14(6)20/h7-8,11-13,15-17,19,21H,9-10H2,1-6H3/b8-7+/t12-,13?,15-,16+,17-/m1/s1. The summed E-state index contributed by atoms with van der Waals surface area (Å²) in [6.45, 7) is 10.4. The third-order valence-corrected chi connectivity index (χ3v) is 4.51. The van der Waals surface area contributed by atoms with Gasteiger partial charge in [0.25, 0.3) is 0 Å². The SMILES string of the molecule is C/C=C/C[C@@H](C)[C@@H](O)[C@@H](C(=O)C(C)[C@@H](CO)C(C)=O)C(C)C. The Hall–Kier alpha value is -1.00. The predicted molar refractivity (Wildman–Crippen MR) is 88.4 cm³/mol. The summed E-state index contributed by atoms with van der Waals surface area (Å²) in [5, 5.41) is 19.9. The number of hydrogen-bond donors (Lipinski definition) is 2. The van der Waals surface area contributed by atoms with E-state index < -0.39 is 23.9 Å². The minimum atomic E-state index is -0.752. The quantitative estimate of drug-likeness (QED) is 0.608. The van der Waals surface area contributed by atoms with Crippen molar-refractivity contribution >= 4 is 11.6 Å². The van der Waals surface area contributed by atoms with Crippen LogP contribution in [0.3, 0.4) is 0 Å². The molecule has 0 aliphatic heterocycles. The van der Waals surface area contributed by atoms with E-state index in [9.17, 15) is 19.8 Å². The van der Waals surface area contributed by atoms with Gasteiger partial charge in [-0.05, 0) is 32.1 Å². The Morgan fingerprint density at radius 1 is 1.14 bits per heavy atom. The zero-order chi connectivity index (χ0) is 17.4. The van der Waals surface area contributed by atoms with Crippen molar-refractivity contribution in [3.8, 4) is 0 Å². The number of carbonyl (C=O) groups excluding carboxylic acids is 2. The van der Waals surface area contributed by atoms with E-state index in [0.29, 0.717) is 6.42 Å². The van der Waals surface area contributed by atoms with Gasteiger partial charge in [-0.25, -0.2) is 0 Å². The summed E-state index contributed by atoms with van der Waals surface area (Å²) in [7, 11) is 0. The molecular weight excluding hydrogens is 280 g/mol. The van der Waals surface area contributed by atoms with Crippen LogP contribution in [0.25, 0.3) is 0 Å². The molecule has 0 heterocycles. The zero-order valence-electron chi connectivity index (χ0n) is 14.7. The van der Waals surface area contributed by atoms with Crippen LogP contribution in [0, 0.1) is 29.6 Å². The van der Waals surface area contributed by atoms with E-state index in [2.05, 4.69) is 0 Å². The fraction of sp³-hybridized carbons (Fsp3) is 0.778. The summed E-state index contributed by atoms with van der Waals surface area (Å²) in [5.41, 5.74) is 0. The summed E-state index contributed by atoms with van der Waals surface area (Å²) in [6.07, 6.45) is 3.86. The molecule has 5 atom stereocenters. The van der Waals surface area contributed by atoms with Crippen LogP contribution in [-0.4, -0.2) is 34.5 Å². The maximum Gasteiger partial charge on any atom is 0.142 e. The van der Waals surface area contributed by atoms with Crippen molar-refractivity contribution in [1.29, 1.82) is 0 Å². The lowest BCUT2D eigenvalue weighted by Gasteiger charge is -2.32. The smallest absolute Gasteiger partial charge is 0.142 e. The maximum atomic E-state index is 12.8. The molecule has 0 aliphatic rings. The molecule has 0 saturated heterocycles. The van der Waals surface area contributed by atoms with Crippen LogP contribution < -0.4 is 0 Å². The van der Waals surface area contributed by atoms with Crippen LogP contribution in [0.1, 0.15) is 48.0 Å². The van der Waals surface area contributed by atoms with Crippen molar-refractivity contribution < 1.29 is 19.8 Å². The molecule has 0 aromatic rings. The van der Waals surface area contributed by atoms with E-state index in [4.69, 9.17) is 0 Å². The second-order valence-corrected chi connectivity index (χ2v) is 6.63. The number of ketones is 2. The minimum Gasteiger partial charge on any atom is -0.396 e. The Morgan fingerprint density at radius 2 is 1.68 bits per heavy atom. The molecule has 128 valence electrons. The Labute approximate surface area is 134 Å². The van der Waals surface area contributed by atoms with E-state index in [1.165, 1.54) is 6.92 Å². The van der Waals surface area contributed by atoms with E-state index in [0.717, 1.165) is 0 Å². The number of hydrogen-bond acceptors (Lipinski definition) is 4. The van der Waals surface area contributed by atoms with Gasteiger partial charge in [0.15, 0.2) is 0 Å². The average molecular weight is 312 g/mol. The predicted octanol–water partition coefficient (Wildman–Crippen LogP) is 2.62. The lowest BCUT2D eigenvalue weighted by atomic mass is 9.73. The topological polar surface area (TPSA) is 74.6 Å². The molecule has 0 amide bonds. The normalized spacial score (nSPS) is 19.0. The molecule has 0 aromatic carbocycles. The van der Waals surface area contributed by atoms with Gasteiger partial charge in [0.05, 0.1) is 12.7 Å². The largest absolute Gasteiger partial charge is 0.396 e. The number of aliphatic hydroxyl groups excluding tert-OH is 2. The fourth-order valence-electron chi connectivity index (χ4n) is 2.88. The highest BCUT2D eigenvalue weighted by Crippen LogP contribution is 2.29. The first-order chi connectivity index (χ1) is 10.2. The van der Waals surface area contributed by atoms with Crippen molar-refractivity contribution in [2.75, 3.05) is 6.61 Å². The Kier molecular flexibility index (Phi) is 9.45. The lowest BCUT2D eigenvalue weighted by Crippen LogP contribution is -2.42. The molecule has 0 bridgehead atoms. The van der Waals surface area contributed by atoms with Crippen LogP contribution in [0.4, 0.5) is 0 Å². The van der Waals surface area contributed by atoms with Gasteiger partial charge in [0.1, 0.15) is 11.6 Å². The zero-order valence-corrected chi connectivity index (χ0v) is 14.7. The van der Waals surface area contributed by atoms with Crippen molar-refractivity contribution in [1.82, 2.24) is 0 Å². The Bertz CT molecular complexity index is 387. The molecule has 0 saturated carbocycles. The van der Waals surface area contributed by atoms with Gasteiger partial charge in [-0.1, -0.05) is 39.8 Å². The van der Waals surface area contributed by atoms with Crippen LogP contribution in [0.5, 0.6) is 0 Å². The summed E-state index contributed by atoms with van der Waals surface area (Å²) in [5.74, 6) is -2.19. The molecule has 0 rings (SSSR count). The number of carbonyl (C=O) groups is 2. The average Bonchev–Trinajstić information content (AvgIpc) is 2.44. The van der Waals surface area contributed by atoms with Gasteiger partial charge < -0.3 is 10.2 Å². The van der Waals surface area contributed by atoms with Gasteiger partial charge >= 0.3 is 0 Å². The van der Waals surface area contributed by atoms with E-state index in [1.54, 1.807) is 6.92 Å². The summed E-state index contributed by atoms with van der Waals surface area (Å²) in [4.78, 5) is 24.3. The number of rotatable bonds is 10. The Balaban J connectivity index is 5.23. The van der Waals surface area contributed by atoms with Gasteiger partial charge in [0.2, 0.25) is 0 Å². The summed E-state index contributed by atoms with van der Waals surface area (Å²) >= 11 is 0. The lowest BCUT2D eigenvalue weighted by molar-refractivity contribution is -0.139. The summed E-state index contributed by atoms with van der Waals surface area (Å²) in [6, 6.07) is 0. The first-order valence-electron chi connectivity index (χ1n) is 8.13. The maximum absolute atomic E-state index is 12.8. The number of aliphatic hydroxyl groups is 2. The third kappa shape index (κ3) is 5.65. The Morgan fingerprint density at radius 3 is 2.05 bits per heavy atom. The van der Waals surface area contributed by atoms with Crippen molar-refractivity contribution in [2.45, 2.75) is 54.1 Å². The van der Waals surface area contributed by atoms with Crippen molar-refractivity contribution in [3.05, 3.63) is 12.2 Å². The first kappa shape index (κ1) is 21.0. The van der Waals surface area contributed by atoms with Crippen molar-refractivity contribution in [3.63, 3.8) is 0 Å². The van der Waals surface area contributed by atoms with E-state index >= 15 is 0 Å². The third-order valence-electron chi connectivity index (χ3n) is 4.51. The highest BCUT2D eigenvalue weighted by atomic mass is 16.3. The molecule has 0 aliphatic carbocycles. The van der Waals surface area contributed by atoms with Crippen LogP contribution >= 0.6 is 0 Å². The summed E-state index contributed by atoms with van der Waals surface area (Å²) < 4.78 is 0. The van der Waals surface area contributed by atoms with Gasteiger partial charge in [0, 0.05) is 17.8 Å². The fourth-order valence-corrected chi connectivity index (χ4v) is 2.88. The molecule has 0 aromatic heterocycles. The highest BCUT2D eigenvalue weighted by molar-refractivity contribution is 5.90. The molecule has 2 N–H and O–H groups in total. The number of allylic oxidation sites excluding steroid dienone is 2. The molecule has 0 radical (unpaired) electrons. The van der Waals surface area contributed by atoms with Gasteiger partial charge in [-0.15, -0.1) is 0 Å². The second-order valence-electron chi connectivity index (χ2n) is 6.63. The van der Waals surface area contributed by atoms with E-state index in [1.807, 2.05) is 39.8 Å². The molecule has 0 fully saturated rings. The molecule has 4 heteroatoms. The van der Waals surface area contributed by atoms with Crippen LogP contribution in [0.15, 0.2) is 12.2 Å². The molecular formula is C18H32O4. The highest BCUT2D eigenvalue weighted by Gasteiger charge is 2.38. The van der Waals surface area contributed by atoms with Gasteiger partial charge in [-0.2, -0.15) is 0 Å². The molecule has 22 heavy (non-hydrogen) atoms. The van der Waals surface area contributed by atoms with E-state index in [-0.39, 0.29) is 30.0 Å². The molecule has 1 unspecified atom stereocenters. The van der Waals surface area contributed by atoms with Crippen LogP contribution in [-0.2, 0) is 9.59 Å².